The van der Waals surface area contributed by atoms with Gasteiger partial charge in [-0.05, 0) is 43.4 Å². The first-order chi connectivity index (χ1) is 20.9. The van der Waals surface area contributed by atoms with Gasteiger partial charge in [-0.15, -0.1) is 0 Å². The van der Waals surface area contributed by atoms with E-state index in [2.05, 4.69) is 31.2 Å². The molecular weight excluding hydrogens is 548 g/mol. The second-order valence-corrected chi connectivity index (χ2v) is 11.2. The number of aromatic nitrogens is 2. The van der Waals surface area contributed by atoms with Crippen LogP contribution in [-0.2, 0) is 25.6 Å². The van der Waals surface area contributed by atoms with Crippen LogP contribution in [-0.4, -0.2) is 64.1 Å². The Bertz CT molecular complexity index is 1490. The summed E-state index contributed by atoms with van der Waals surface area (Å²) in [6.45, 7) is 0.464. The van der Waals surface area contributed by atoms with Gasteiger partial charge in [-0.3, -0.25) is 29.0 Å². The summed E-state index contributed by atoms with van der Waals surface area (Å²) in [7, 11) is 0. The standard InChI is InChI=1S/C32H36N6O5/c39-28(32(43)35-22-11-5-2-6-12-22)25(18-21-15-16-33-29(21)40)37-30(41)26(17-20-9-3-1-4-10-20)38-31(42)27-19-34-23-13-7-8-14-24(23)36-27/h1,3-4,7-10,13-14,19,21-22,25-26H,2,5-6,11-12,15-18H2,(H,33,40)(H,35,43)(H,37,41)(H,38,42)/t21-,25-,26-/m0/s1. The van der Waals surface area contributed by atoms with Crippen molar-refractivity contribution < 1.29 is 24.0 Å². The van der Waals surface area contributed by atoms with E-state index in [9.17, 15) is 24.0 Å². The van der Waals surface area contributed by atoms with Gasteiger partial charge in [0.15, 0.2) is 0 Å². The maximum atomic E-state index is 13.8. The van der Waals surface area contributed by atoms with Crippen LogP contribution in [0.3, 0.4) is 0 Å². The molecule has 0 bridgehead atoms. The topological polar surface area (TPSA) is 159 Å². The number of carbonyl (C=O) groups is 5. The number of nitrogens with one attached hydrogen (secondary N) is 4. The van der Waals surface area contributed by atoms with Gasteiger partial charge >= 0.3 is 0 Å². The third kappa shape index (κ3) is 7.79. The Kier molecular flexibility index (Phi) is 9.70. The zero-order valence-corrected chi connectivity index (χ0v) is 23.9. The summed E-state index contributed by atoms with van der Waals surface area (Å²) in [6.07, 6.45) is 6.58. The summed E-state index contributed by atoms with van der Waals surface area (Å²) in [6, 6.07) is 13.8. The number of fused-ring (bicyclic) bond motifs is 1. The molecule has 4 amide bonds. The molecule has 1 aromatic heterocycles. The third-order valence-electron chi connectivity index (χ3n) is 8.07. The molecule has 4 N–H and O–H groups in total. The fourth-order valence-electron chi connectivity index (χ4n) is 5.68. The number of Topliss-reactive ketones (excluding diaryl/α,β-unsaturated/α-hetero) is 1. The molecule has 11 heteroatoms. The van der Waals surface area contributed by atoms with Crippen LogP contribution in [0.4, 0.5) is 0 Å². The van der Waals surface area contributed by atoms with Gasteiger partial charge in [0.1, 0.15) is 11.7 Å². The molecule has 11 nitrogen and oxygen atoms in total. The molecule has 3 atom stereocenters. The van der Waals surface area contributed by atoms with Gasteiger partial charge in [0, 0.05) is 24.9 Å². The van der Waals surface area contributed by atoms with Gasteiger partial charge < -0.3 is 21.3 Å². The summed E-state index contributed by atoms with van der Waals surface area (Å²) in [5.74, 6) is -3.57. The van der Waals surface area contributed by atoms with Crippen LogP contribution >= 0.6 is 0 Å². The molecule has 2 heterocycles. The summed E-state index contributed by atoms with van der Waals surface area (Å²) in [5, 5.41) is 11.0. The highest BCUT2D eigenvalue weighted by Gasteiger charge is 2.36. The van der Waals surface area contributed by atoms with Crippen molar-refractivity contribution in [3.8, 4) is 0 Å². The van der Waals surface area contributed by atoms with Gasteiger partial charge in [-0.2, -0.15) is 0 Å². The second-order valence-electron chi connectivity index (χ2n) is 11.2. The quantitative estimate of drug-likeness (QED) is 0.251. The molecule has 2 aliphatic rings. The van der Waals surface area contributed by atoms with Crippen molar-refractivity contribution in [2.45, 2.75) is 69.5 Å². The van der Waals surface area contributed by atoms with Crippen LogP contribution in [0.5, 0.6) is 0 Å². The van der Waals surface area contributed by atoms with Crippen molar-refractivity contribution in [3.63, 3.8) is 0 Å². The molecule has 1 aliphatic carbocycles. The number of hydrogen-bond acceptors (Lipinski definition) is 7. The van der Waals surface area contributed by atoms with E-state index in [0.717, 1.165) is 37.7 Å². The molecule has 224 valence electrons. The SMILES string of the molecule is O=C(NC1CCCCC1)C(=O)[C@H](C[C@@H]1CCNC1=O)NC(=O)[C@H](Cc1ccccc1)NC(=O)c1cnc2ccccc2n1. The molecule has 1 saturated heterocycles. The minimum absolute atomic E-state index is 0.0172. The molecule has 0 radical (unpaired) electrons. The van der Waals surface area contributed by atoms with Crippen molar-refractivity contribution in [1.82, 2.24) is 31.2 Å². The van der Waals surface area contributed by atoms with Crippen molar-refractivity contribution in [2.75, 3.05) is 6.54 Å². The number of benzene rings is 2. The lowest BCUT2D eigenvalue weighted by atomic mass is 9.93. The van der Waals surface area contributed by atoms with Crippen LogP contribution in [0.2, 0.25) is 0 Å². The summed E-state index contributed by atoms with van der Waals surface area (Å²) in [5.41, 5.74) is 1.97. The van der Waals surface area contributed by atoms with Crippen molar-refractivity contribution >= 4 is 40.4 Å². The normalized spacial score (nSPS) is 18.3. The van der Waals surface area contributed by atoms with Crippen molar-refractivity contribution in [1.29, 1.82) is 0 Å². The van der Waals surface area contributed by atoms with Gasteiger partial charge in [0.05, 0.1) is 23.3 Å². The molecule has 2 fully saturated rings. The lowest BCUT2D eigenvalue weighted by molar-refractivity contribution is -0.141. The smallest absolute Gasteiger partial charge is 0.289 e. The monoisotopic (exact) mass is 584 g/mol. The van der Waals surface area contributed by atoms with Crippen molar-refractivity contribution in [2.24, 2.45) is 5.92 Å². The van der Waals surface area contributed by atoms with Crippen LogP contribution in [0, 0.1) is 5.92 Å². The molecule has 3 aromatic rings. The average Bonchev–Trinajstić information content (AvgIpc) is 3.44. The van der Waals surface area contributed by atoms with Gasteiger partial charge in [-0.1, -0.05) is 61.7 Å². The molecule has 1 aliphatic heterocycles. The maximum Gasteiger partial charge on any atom is 0.289 e. The van der Waals surface area contributed by atoms with Crippen LogP contribution < -0.4 is 21.3 Å². The highest BCUT2D eigenvalue weighted by Crippen LogP contribution is 2.19. The highest BCUT2D eigenvalue weighted by atomic mass is 16.2. The minimum Gasteiger partial charge on any atom is -0.356 e. The van der Waals surface area contributed by atoms with E-state index < -0.39 is 41.5 Å². The zero-order valence-electron chi connectivity index (χ0n) is 23.9. The Morgan fingerprint density at radius 1 is 0.860 bits per heavy atom. The Labute approximate surface area is 249 Å². The minimum atomic E-state index is -1.24. The number of rotatable bonds is 11. The molecule has 2 aromatic carbocycles. The van der Waals surface area contributed by atoms with E-state index >= 15 is 0 Å². The number of amides is 4. The van der Waals surface area contributed by atoms with E-state index in [-0.39, 0.29) is 30.5 Å². The van der Waals surface area contributed by atoms with E-state index in [4.69, 9.17) is 0 Å². The molecule has 0 unspecified atom stereocenters. The van der Waals surface area contributed by atoms with Gasteiger partial charge in [-0.25, -0.2) is 4.98 Å². The molecule has 5 rings (SSSR count). The lowest BCUT2D eigenvalue weighted by Crippen LogP contribution is -2.56. The number of carbonyl (C=O) groups excluding carboxylic acids is 5. The maximum absolute atomic E-state index is 13.8. The predicted octanol–water partition coefficient (Wildman–Crippen LogP) is 2.00. The number of para-hydroxylation sites is 2. The van der Waals surface area contributed by atoms with Gasteiger partial charge in [0.2, 0.25) is 17.6 Å². The summed E-state index contributed by atoms with van der Waals surface area (Å²) < 4.78 is 0. The first-order valence-corrected chi connectivity index (χ1v) is 14.9. The summed E-state index contributed by atoms with van der Waals surface area (Å²) in [4.78, 5) is 74.5. The zero-order chi connectivity index (χ0) is 30.2. The van der Waals surface area contributed by atoms with E-state index in [0.29, 0.717) is 24.0 Å². The molecule has 43 heavy (non-hydrogen) atoms. The summed E-state index contributed by atoms with van der Waals surface area (Å²) >= 11 is 0. The Balaban J connectivity index is 1.35. The fourth-order valence-corrected chi connectivity index (χ4v) is 5.68. The fraction of sp³-hybridized carbons (Fsp3) is 0.406. The predicted molar refractivity (Wildman–Crippen MR) is 159 cm³/mol. The molecule has 1 saturated carbocycles. The Morgan fingerprint density at radius 3 is 2.30 bits per heavy atom. The number of ketones is 1. The number of hydrogen-bond donors (Lipinski definition) is 4. The average molecular weight is 585 g/mol. The van der Waals surface area contributed by atoms with E-state index in [1.54, 1.807) is 18.2 Å². The van der Waals surface area contributed by atoms with Crippen molar-refractivity contribution in [3.05, 3.63) is 72.1 Å². The Morgan fingerprint density at radius 2 is 1.58 bits per heavy atom. The largest absolute Gasteiger partial charge is 0.356 e. The molecule has 0 spiro atoms. The lowest BCUT2D eigenvalue weighted by Gasteiger charge is -2.26. The third-order valence-corrected chi connectivity index (χ3v) is 8.07. The van der Waals surface area contributed by atoms with Crippen LogP contribution in [0.1, 0.15) is 61.0 Å². The Hall–Kier alpha value is -4.67. The first-order valence-electron chi connectivity index (χ1n) is 14.9. The first kappa shape index (κ1) is 29.8. The highest BCUT2D eigenvalue weighted by molar-refractivity contribution is 6.38. The van der Waals surface area contributed by atoms with Crippen LogP contribution in [0.25, 0.3) is 11.0 Å². The number of nitrogens with zero attached hydrogens (tertiary/aromatic N) is 2. The second kappa shape index (κ2) is 14.0. The van der Waals surface area contributed by atoms with E-state index in [1.807, 2.05) is 36.4 Å². The van der Waals surface area contributed by atoms with Gasteiger partial charge in [0.25, 0.3) is 11.8 Å². The van der Waals surface area contributed by atoms with Crippen LogP contribution in [0.15, 0.2) is 60.8 Å². The molecular formula is C32H36N6O5. The van der Waals surface area contributed by atoms with E-state index in [1.165, 1.54) is 6.20 Å².